The molecule has 1 aliphatic carbocycles. The monoisotopic (exact) mass is 340 g/mol. The zero-order valence-corrected chi connectivity index (χ0v) is 14.4. The lowest BCUT2D eigenvalue weighted by molar-refractivity contribution is -0.0314. The molecule has 0 unspecified atom stereocenters. The number of carbonyl (C=O) groups excluding carboxylic acids is 1. The molecule has 2 aromatic carbocycles. The van der Waals surface area contributed by atoms with E-state index in [1.54, 1.807) is 31.4 Å². The summed E-state index contributed by atoms with van der Waals surface area (Å²) >= 11 is 0. The van der Waals surface area contributed by atoms with Crippen LogP contribution >= 0.6 is 0 Å². The molecule has 1 amide bonds. The van der Waals surface area contributed by atoms with Crippen LogP contribution in [0.25, 0.3) is 0 Å². The second-order valence-electron chi connectivity index (χ2n) is 6.56. The quantitative estimate of drug-likeness (QED) is 0.725. The molecule has 3 N–H and O–H groups in total. The van der Waals surface area contributed by atoms with Crippen LogP contribution in [0.15, 0.2) is 48.5 Å². The molecule has 1 aliphatic rings. The smallest absolute Gasteiger partial charge is 0.255 e. The van der Waals surface area contributed by atoms with Crippen molar-refractivity contribution in [3.05, 3.63) is 59.7 Å². The molecule has 0 aliphatic heterocycles. The lowest BCUT2D eigenvalue weighted by Gasteiger charge is -2.36. The normalized spacial score (nSPS) is 15.3. The van der Waals surface area contributed by atoms with E-state index in [0.717, 1.165) is 36.3 Å². The van der Waals surface area contributed by atoms with Gasteiger partial charge in [-0.3, -0.25) is 4.79 Å². The molecule has 0 aromatic heterocycles. The number of nitrogens with one attached hydrogen (secondary N) is 2. The number of hydrogen-bond donors (Lipinski definition) is 3. The fourth-order valence-electron chi connectivity index (χ4n) is 2.91. The molecule has 3 rings (SSSR count). The van der Waals surface area contributed by atoms with Gasteiger partial charge in [-0.25, -0.2) is 0 Å². The van der Waals surface area contributed by atoms with Crippen LogP contribution in [0, 0.1) is 0 Å². The summed E-state index contributed by atoms with van der Waals surface area (Å²) in [6, 6.07) is 14.7. The van der Waals surface area contributed by atoms with Crippen molar-refractivity contribution < 1.29 is 14.6 Å². The minimum absolute atomic E-state index is 0.156. The van der Waals surface area contributed by atoms with Gasteiger partial charge in [0.25, 0.3) is 5.91 Å². The van der Waals surface area contributed by atoms with Gasteiger partial charge in [-0.2, -0.15) is 0 Å². The maximum Gasteiger partial charge on any atom is 0.255 e. The van der Waals surface area contributed by atoms with Gasteiger partial charge in [-0.1, -0.05) is 12.1 Å². The third kappa shape index (κ3) is 4.59. The van der Waals surface area contributed by atoms with Crippen molar-refractivity contribution >= 4 is 11.6 Å². The Balaban J connectivity index is 1.55. The van der Waals surface area contributed by atoms with E-state index in [1.165, 1.54) is 0 Å². The van der Waals surface area contributed by atoms with Gasteiger partial charge in [0.2, 0.25) is 0 Å². The molecule has 0 radical (unpaired) electrons. The molecule has 1 saturated carbocycles. The van der Waals surface area contributed by atoms with E-state index in [0.29, 0.717) is 18.7 Å². The Morgan fingerprint density at radius 2 is 1.96 bits per heavy atom. The van der Waals surface area contributed by atoms with Gasteiger partial charge in [0.15, 0.2) is 0 Å². The lowest BCUT2D eigenvalue weighted by Crippen LogP contribution is -2.45. The maximum absolute atomic E-state index is 12.3. The molecule has 0 atom stereocenters. The molecule has 132 valence electrons. The second-order valence-corrected chi connectivity index (χ2v) is 6.56. The SMILES string of the molecule is COc1ccc(C(=O)Nc2cccc(CNCC3(O)CCC3)c2)cc1. The average Bonchev–Trinajstić information content (AvgIpc) is 2.60. The summed E-state index contributed by atoms with van der Waals surface area (Å²) in [6.07, 6.45) is 2.85. The van der Waals surface area contributed by atoms with Gasteiger partial charge < -0.3 is 20.5 Å². The molecular weight excluding hydrogens is 316 g/mol. The standard InChI is InChI=1S/C20H24N2O3/c1-25-18-8-6-16(7-9-18)19(23)22-17-5-2-4-15(12-17)13-21-14-20(24)10-3-11-20/h2,4-9,12,21,24H,3,10-11,13-14H2,1H3,(H,22,23). The summed E-state index contributed by atoms with van der Waals surface area (Å²) in [7, 11) is 1.60. The molecule has 0 spiro atoms. The highest BCUT2D eigenvalue weighted by atomic mass is 16.5. The minimum atomic E-state index is -0.528. The van der Waals surface area contributed by atoms with Crippen molar-refractivity contribution in [3.63, 3.8) is 0 Å². The van der Waals surface area contributed by atoms with Crippen molar-refractivity contribution in [2.75, 3.05) is 19.0 Å². The highest BCUT2D eigenvalue weighted by Crippen LogP contribution is 2.30. The van der Waals surface area contributed by atoms with Crippen LogP contribution in [0.1, 0.15) is 35.2 Å². The third-order valence-corrected chi connectivity index (χ3v) is 4.60. The zero-order valence-electron chi connectivity index (χ0n) is 14.4. The summed E-state index contributed by atoms with van der Waals surface area (Å²) in [5.41, 5.74) is 1.87. The first-order chi connectivity index (χ1) is 12.1. The Morgan fingerprint density at radius 1 is 1.20 bits per heavy atom. The molecule has 0 saturated heterocycles. The number of amides is 1. The highest BCUT2D eigenvalue weighted by Gasteiger charge is 2.33. The number of anilines is 1. The van der Waals surface area contributed by atoms with Crippen LogP contribution in [0.2, 0.25) is 0 Å². The van der Waals surface area contributed by atoms with Gasteiger partial charge in [0, 0.05) is 24.3 Å². The second kappa shape index (κ2) is 7.68. The summed E-state index contributed by atoms with van der Waals surface area (Å²) in [5.74, 6) is 0.564. The number of benzene rings is 2. The molecule has 25 heavy (non-hydrogen) atoms. The Kier molecular flexibility index (Phi) is 5.36. The van der Waals surface area contributed by atoms with E-state index in [1.807, 2.05) is 24.3 Å². The number of methoxy groups -OCH3 is 1. The van der Waals surface area contributed by atoms with Crippen molar-refractivity contribution in [2.24, 2.45) is 0 Å². The van der Waals surface area contributed by atoms with E-state index in [-0.39, 0.29) is 5.91 Å². The van der Waals surface area contributed by atoms with Crippen LogP contribution in [0.4, 0.5) is 5.69 Å². The number of aliphatic hydroxyl groups is 1. The van der Waals surface area contributed by atoms with Gasteiger partial charge in [0.05, 0.1) is 12.7 Å². The Labute approximate surface area is 148 Å². The Bertz CT molecular complexity index is 724. The molecule has 0 bridgehead atoms. The van der Waals surface area contributed by atoms with Gasteiger partial charge in [-0.15, -0.1) is 0 Å². The maximum atomic E-state index is 12.3. The number of carbonyl (C=O) groups is 1. The summed E-state index contributed by atoms with van der Waals surface area (Å²) in [5, 5.41) is 16.3. The van der Waals surface area contributed by atoms with Crippen LogP contribution in [-0.4, -0.2) is 30.3 Å². The average molecular weight is 340 g/mol. The van der Waals surface area contributed by atoms with E-state index < -0.39 is 5.60 Å². The van der Waals surface area contributed by atoms with Crippen LogP contribution < -0.4 is 15.4 Å². The van der Waals surface area contributed by atoms with Crippen LogP contribution in [-0.2, 0) is 6.54 Å². The minimum Gasteiger partial charge on any atom is -0.497 e. The zero-order chi connectivity index (χ0) is 17.7. The van der Waals surface area contributed by atoms with E-state index in [2.05, 4.69) is 10.6 Å². The molecule has 2 aromatic rings. The van der Waals surface area contributed by atoms with Gasteiger partial charge in [0.1, 0.15) is 5.75 Å². The Morgan fingerprint density at radius 3 is 2.60 bits per heavy atom. The summed E-state index contributed by atoms with van der Waals surface area (Å²) < 4.78 is 5.10. The topological polar surface area (TPSA) is 70.6 Å². The first-order valence-electron chi connectivity index (χ1n) is 8.55. The van der Waals surface area contributed by atoms with Crippen LogP contribution in [0.5, 0.6) is 5.75 Å². The van der Waals surface area contributed by atoms with E-state index >= 15 is 0 Å². The highest BCUT2D eigenvalue weighted by molar-refractivity contribution is 6.04. The lowest BCUT2D eigenvalue weighted by atomic mass is 9.80. The predicted octanol–water partition coefficient (Wildman–Crippen LogP) is 2.95. The van der Waals surface area contributed by atoms with E-state index in [4.69, 9.17) is 4.74 Å². The predicted molar refractivity (Wildman–Crippen MR) is 97.9 cm³/mol. The summed E-state index contributed by atoms with van der Waals surface area (Å²) in [4.78, 5) is 12.3. The molecule has 0 heterocycles. The van der Waals surface area contributed by atoms with Gasteiger partial charge in [-0.05, 0) is 61.2 Å². The third-order valence-electron chi connectivity index (χ3n) is 4.60. The number of ether oxygens (including phenoxy) is 1. The fourth-order valence-corrected chi connectivity index (χ4v) is 2.91. The van der Waals surface area contributed by atoms with Crippen molar-refractivity contribution in [2.45, 2.75) is 31.4 Å². The van der Waals surface area contributed by atoms with Crippen molar-refractivity contribution in [3.8, 4) is 5.75 Å². The van der Waals surface area contributed by atoms with Gasteiger partial charge >= 0.3 is 0 Å². The van der Waals surface area contributed by atoms with E-state index in [9.17, 15) is 9.90 Å². The first kappa shape index (κ1) is 17.5. The van der Waals surface area contributed by atoms with Crippen molar-refractivity contribution in [1.82, 2.24) is 5.32 Å². The number of hydrogen-bond acceptors (Lipinski definition) is 4. The largest absolute Gasteiger partial charge is 0.497 e. The first-order valence-corrected chi connectivity index (χ1v) is 8.55. The molecule has 5 heteroatoms. The number of rotatable bonds is 7. The van der Waals surface area contributed by atoms with Crippen molar-refractivity contribution in [1.29, 1.82) is 0 Å². The molecule has 1 fully saturated rings. The fraction of sp³-hybridized carbons (Fsp3) is 0.350. The molecular formula is C20H24N2O3. The summed E-state index contributed by atoms with van der Waals surface area (Å²) in [6.45, 7) is 1.27. The van der Waals surface area contributed by atoms with Crippen LogP contribution in [0.3, 0.4) is 0 Å². The Hall–Kier alpha value is -2.37. The molecule has 5 nitrogen and oxygen atoms in total.